The smallest absolute Gasteiger partial charge is 0.325 e. The Balaban J connectivity index is 2.48. The maximum absolute atomic E-state index is 11.7. The van der Waals surface area contributed by atoms with Crippen LogP contribution in [0.2, 0.25) is 0 Å². The number of primary amides is 1. The Morgan fingerprint density at radius 1 is 1.15 bits per heavy atom. The first-order valence-electron chi connectivity index (χ1n) is 6.09. The lowest BCUT2D eigenvalue weighted by Crippen LogP contribution is -2.30. The first-order chi connectivity index (χ1) is 9.52. The molecule has 0 radical (unpaired) electrons. The van der Waals surface area contributed by atoms with Gasteiger partial charge in [0.2, 0.25) is 0 Å². The number of nitrogens with two attached hydrogens (primary N) is 1. The Labute approximate surface area is 116 Å². The van der Waals surface area contributed by atoms with E-state index >= 15 is 0 Å². The second-order valence-corrected chi connectivity index (χ2v) is 3.90. The third kappa shape index (κ3) is 5.38. The zero-order valence-electron chi connectivity index (χ0n) is 11.1. The summed E-state index contributed by atoms with van der Waals surface area (Å²) >= 11 is 0. The molecule has 20 heavy (non-hydrogen) atoms. The number of rotatable bonds is 6. The molecule has 0 atom stereocenters. The molecule has 0 saturated heterocycles. The number of nitrogens with one attached hydrogen (secondary N) is 2. The number of urea groups is 1. The molecular formula is C13H17N3O4. The maximum atomic E-state index is 11.7. The van der Waals surface area contributed by atoms with Gasteiger partial charge in [0.05, 0.1) is 6.61 Å². The van der Waals surface area contributed by atoms with E-state index in [0.29, 0.717) is 12.1 Å². The van der Waals surface area contributed by atoms with Crippen molar-refractivity contribution in [3.05, 3.63) is 35.4 Å². The molecule has 4 N–H and O–H groups in total. The van der Waals surface area contributed by atoms with Crippen LogP contribution >= 0.6 is 0 Å². The van der Waals surface area contributed by atoms with E-state index in [4.69, 9.17) is 10.5 Å². The minimum Gasteiger partial charge on any atom is -0.465 e. The van der Waals surface area contributed by atoms with Crippen LogP contribution in [0.3, 0.4) is 0 Å². The Kier molecular flexibility index (Phi) is 6.02. The van der Waals surface area contributed by atoms with Crippen LogP contribution in [0.4, 0.5) is 4.79 Å². The predicted octanol–water partition coefficient (Wildman–Crippen LogP) is 0.148. The molecule has 3 amide bonds. The van der Waals surface area contributed by atoms with Gasteiger partial charge in [-0.1, -0.05) is 12.1 Å². The van der Waals surface area contributed by atoms with Crippen LogP contribution in [0, 0.1) is 0 Å². The summed E-state index contributed by atoms with van der Waals surface area (Å²) in [6, 6.07) is 5.96. The average molecular weight is 279 g/mol. The Bertz CT molecular complexity index is 485. The molecule has 0 fully saturated rings. The highest BCUT2D eigenvalue weighted by Crippen LogP contribution is 2.04. The van der Waals surface area contributed by atoms with E-state index in [-0.39, 0.29) is 19.1 Å². The molecule has 0 aliphatic rings. The van der Waals surface area contributed by atoms with Crippen molar-refractivity contribution in [1.82, 2.24) is 10.6 Å². The molecule has 0 bridgehead atoms. The van der Waals surface area contributed by atoms with Crippen LogP contribution in [-0.4, -0.2) is 31.1 Å². The number of ether oxygens (including phenoxy) is 1. The number of hydrogen-bond acceptors (Lipinski definition) is 4. The summed E-state index contributed by atoms with van der Waals surface area (Å²) in [6.45, 7) is 2.09. The average Bonchev–Trinajstić information content (AvgIpc) is 2.43. The minimum absolute atomic E-state index is 0.169. The van der Waals surface area contributed by atoms with Gasteiger partial charge >= 0.3 is 12.0 Å². The predicted molar refractivity (Wildman–Crippen MR) is 71.8 cm³/mol. The fourth-order valence-corrected chi connectivity index (χ4v) is 1.43. The highest BCUT2D eigenvalue weighted by molar-refractivity contribution is 5.95. The zero-order chi connectivity index (χ0) is 15.0. The van der Waals surface area contributed by atoms with Gasteiger partial charge in [-0.05, 0) is 24.6 Å². The molecule has 1 aromatic carbocycles. The normalized spacial score (nSPS) is 9.65. The standard InChI is InChI=1S/C13H17N3O4/c1-2-20-11(17)8-15-12(18)10-5-3-9(4-6-10)7-16-13(14)19/h3-6H,2,7-8H2,1H3,(H,15,18)(H3,14,16,19). The number of carbonyl (C=O) groups excluding carboxylic acids is 3. The van der Waals surface area contributed by atoms with E-state index in [1.165, 1.54) is 0 Å². The number of benzene rings is 1. The van der Waals surface area contributed by atoms with Gasteiger partial charge in [0.25, 0.3) is 5.91 Å². The molecule has 7 heteroatoms. The van der Waals surface area contributed by atoms with Crippen molar-refractivity contribution in [2.24, 2.45) is 5.73 Å². The number of hydrogen-bond donors (Lipinski definition) is 3. The molecule has 1 rings (SSSR count). The molecule has 7 nitrogen and oxygen atoms in total. The van der Waals surface area contributed by atoms with Gasteiger partial charge in [-0.3, -0.25) is 9.59 Å². The maximum Gasteiger partial charge on any atom is 0.325 e. The first kappa shape index (κ1) is 15.5. The van der Waals surface area contributed by atoms with Crippen molar-refractivity contribution < 1.29 is 19.1 Å². The Morgan fingerprint density at radius 3 is 2.35 bits per heavy atom. The largest absolute Gasteiger partial charge is 0.465 e. The van der Waals surface area contributed by atoms with Gasteiger partial charge in [0, 0.05) is 12.1 Å². The fourth-order valence-electron chi connectivity index (χ4n) is 1.43. The SMILES string of the molecule is CCOC(=O)CNC(=O)c1ccc(CNC(N)=O)cc1. The summed E-state index contributed by atoms with van der Waals surface area (Å²) in [5, 5.41) is 4.89. The van der Waals surface area contributed by atoms with Gasteiger partial charge in [-0.2, -0.15) is 0 Å². The molecule has 0 aliphatic carbocycles. The molecular weight excluding hydrogens is 262 g/mol. The van der Waals surface area contributed by atoms with Crippen LogP contribution in [0.1, 0.15) is 22.8 Å². The van der Waals surface area contributed by atoms with Crippen LogP contribution in [0.25, 0.3) is 0 Å². The monoisotopic (exact) mass is 279 g/mol. The van der Waals surface area contributed by atoms with Crippen molar-refractivity contribution in [3.63, 3.8) is 0 Å². The zero-order valence-corrected chi connectivity index (χ0v) is 11.1. The summed E-state index contributed by atoms with van der Waals surface area (Å²) in [6.07, 6.45) is 0. The molecule has 0 spiro atoms. The lowest BCUT2D eigenvalue weighted by molar-refractivity contribution is -0.141. The molecule has 0 unspecified atom stereocenters. The molecule has 108 valence electrons. The summed E-state index contributed by atoms with van der Waals surface area (Å²) in [4.78, 5) is 33.4. The van der Waals surface area contributed by atoms with E-state index in [9.17, 15) is 14.4 Å². The third-order valence-electron chi connectivity index (χ3n) is 2.38. The molecule has 0 heterocycles. The first-order valence-corrected chi connectivity index (χ1v) is 6.09. The molecule has 0 saturated carbocycles. The molecule has 0 aromatic heterocycles. The van der Waals surface area contributed by atoms with E-state index in [0.717, 1.165) is 5.56 Å². The summed E-state index contributed by atoms with van der Waals surface area (Å²) in [5.74, 6) is -0.851. The van der Waals surface area contributed by atoms with Crippen molar-refractivity contribution in [3.8, 4) is 0 Å². The topological polar surface area (TPSA) is 111 Å². The second-order valence-electron chi connectivity index (χ2n) is 3.90. The van der Waals surface area contributed by atoms with E-state index in [1.807, 2.05) is 0 Å². The van der Waals surface area contributed by atoms with Crippen LogP contribution in [0.15, 0.2) is 24.3 Å². The lowest BCUT2D eigenvalue weighted by atomic mass is 10.1. The second kappa shape index (κ2) is 7.78. The van der Waals surface area contributed by atoms with Crippen LogP contribution in [0.5, 0.6) is 0 Å². The summed E-state index contributed by atoms with van der Waals surface area (Å²) in [5.41, 5.74) is 6.18. The van der Waals surface area contributed by atoms with E-state index < -0.39 is 12.0 Å². The van der Waals surface area contributed by atoms with Gasteiger partial charge in [0.15, 0.2) is 0 Å². The lowest BCUT2D eigenvalue weighted by Gasteiger charge is -2.06. The Hall–Kier alpha value is -2.57. The van der Waals surface area contributed by atoms with E-state index in [1.54, 1.807) is 31.2 Å². The van der Waals surface area contributed by atoms with Crippen molar-refractivity contribution in [2.75, 3.05) is 13.2 Å². The fraction of sp³-hybridized carbons (Fsp3) is 0.308. The third-order valence-corrected chi connectivity index (χ3v) is 2.38. The minimum atomic E-state index is -0.610. The Morgan fingerprint density at radius 2 is 1.80 bits per heavy atom. The van der Waals surface area contributed by atoms with Gasteiger partial charge in [-0.15, -0.1) is 0 Å². The molecule has 0 aliphatic heterocycles. The summed E-state index contributed by atoms with van der Waals surface area (Å²) < 4.78 is 4.70. The van der Waals surface area contributed by atoms with Crippen LogP contribution < -0.4 is 16.4 Å². The quantitative estimate of drug-likeness (QED) is 0.643. The van der Waals surface area contributed by atoms with Gasteiger partial charge in [-0.25, -0.2) is 4.79 Å². The molecule has 1 aromatic rings. The van der Waals surface area contributed by atoms with Crippen molar-refractivity contribution in [1.29, 1.82) is 0 Å². The highest BCUT2D eigenvalue weighted by Gasteiger charge is 2.08. The van der Waals surface area contributed by atoms with Crippen molar-refractivity contribution >= 4 is 17.9 Å². The van der Waals surface area contributed by atoms with E-state index in [2.05, 4.69) is 10.6 Å². The number of carbonyl (C=O) groups is 3. The van der Waals surface area contributed by atoms with Gasteiger partial charge < -0.3 is 21.1 Å². The summed E-state index contributed by atoms with van der Waals surface area (Å²) in [7, 11) is 0. The van der Waals surface area contributed by atoms with Crippen molar-refractivity contribution in [2.45, 2.75) is 13.5 Å². The highest BCUT2D eigenvalue weighted by atomic mass is 16.5. The number of amides is 3. The van der Waals surface area contributed by atoms with Crippen LogP contribution in [-0.2, 0) is 16.1 Å². The van der Waals surface area contributed by atoms with Gasteiger partial charge in [0.1, 0.15) is 6.54 Å². The number of esters is 1.